The van der Waals surface area contributed by atoms with Crippen LogP contribution in [0.15, 0.2) is 29.6 Å². The fourth-order valence-electron chi connectivity index (χ4n) is 0.959. The number of nitrogens with zero attached hydrogens (tertiary/aromatic N) is 2. The molecule has 0 saturated heterocycles. The van der Waals surface area contributed by atoms with Gasteiger partial charge in [0.2, 0.25) is 5.13 Å². The van der Waals surface area contributed by atoms with E-state index in [4.69, 9.17) is 0 Å². The van der Waals surface area contributed by atoms with Crippen LogP contribution in [0.1, 0.15) is 0 Å². The van der Waals surface area contributed by atoms with E-state index in [0.29, 0.717) is 5.13 Å². The lowest BCUT2D eigenvalue weighted by atomic mass is 10.3. The van der Waals surface area contributed by atoms with Gasteiger partial charge in [0.25, 0.3) is 0 Å². The van der Waals surface area contributed by atoms with E-state index in [0.717, 1.165) is 10.2 Å². The van der Waals surface area contributed by atoms with Crippen LogP contribution in [-0.4, -0.2) is 4.98 Å². The summed E-state index contributed by atoms with van der Waals surface area (Å²) in [5.74, 6) is 0. The van der Waals surface area contributed by atoms with Crippen LogP contribution in [0.3, 0.4) is 0 Å². The summed E-state index contributed by atoms with van der Waals surface area (Å²) in [5, 5.41) is 3.08. The van der Waals surface area contributed by atoms with Gasteiger partial charge < -0.3 is 0 Å². The third-order valence-electron chi connectivity index (χ3n) is 1.44. The second-order valence-corrected chi connectivity index (χ2v) is 3.22. The SMILES string of the molecule is O=NNc1nc2ccccc2s1. The van der Waals surface area contributed by atoms with E-state index in [1.54, 1.807) is 0 Å². The highest BCUT2D eigenvalue weighted by molar-refractivity contribution is 7.22. The Hall–Kier alpha value is -1.49. The van der Waals surface area contributed by atoms with Gasteiger partial charge in [0.15, 0.2) is 0 Å². The fourth-order valence-corrected chi connectivity index (χ4v) is 1.76. The summed E-state index contributed by atoms with van der Waals surface area (Å²) in [4.78, 5) is 14.0. The van der Waals surface area contributed by atoms with Crippen molar-refractivity contribution in [2.24, 2.45) is 5.29 Å². The van der Waals surface area contributed by atoms with Crippen LogP contribution in [0, 0.1) is 4.91 Å². The van der Waals surface area contributed by atoms with Crippen LogP contribution in [0.4, 0.5) is 5.13 Å². The lowest BCUT2D eigenvalue weighted by Gasteiger charge is -1.82. The lowest BCUT2D eigenvalue weighted by Crippen LogP contribution is -1.81. The Balaban J connectivity index is 2.54. The van der Waals surface area contributed by atoms with Gasteiger partial charge in [-0.3, -0.25) is 0 Å². The predicted molar refractivity (Wildman–Crippen MR) is 49.0 cm³/mol. The quantitative estimate of drug-likeness (QED) is 0.568. The number of hydrogen-bond donors (Lipinski definition) is 1. The molecule has 12 heavy (non-hydrogen) atoms. The maximum atomic E-state index is 9.86. The van der Waals surface area contributed by atoms with Crippen molar-refractivity contribution in [2.45, 2.75) is 0 Å². The molecule has 0 unspecified atom stereocenters. The van der Waals surface area contributed by atoms with Gasteiger partial charge in [0.05, 0.1) is 15.5 Å². The van der Waals surface area contributed by atoms with Crippen molar-refractivity contribution < 1.29 is 0 Å². The number of anilines is 1. The smallest absolute Gasteiger partial charge is 0.207 e. The standard InChI is InChI=1S/C7H5N3OS/c11-10-9-7-8-5-3-1-2-4-6(5)12-7/h1-4H,(H,8,9,11). The minimum absolute atomic E-state index is 0.534. The minimum Gasteiger partial charge on any atom is -0.219 e. The molecule has 1 aromatic carbocycles. The number of aromatic nitrogens is 1. The van der Waals surface area contributed by atoms with Crippen LogP contribution < -0.4 is 5.43 Å². The Morgan fingerprint density at radius 3 is 3.00 bits per heavy atom. The van der Waals surface area contributed by atoms with Crippen LogP contribution in [0.5, 0.6) is 0 Å². The number of rotatable bonds is 2. The molecule has 0 aliphatic heterocycles. The molecule has 1 heterocycles. The van der Waals surface area contributed by atoms with Crippen molar-refractivity contribution >= 4 is 26.7 Å². The maximum Gasteiger partial charge on any atom is 0.207 e. The zero-order valence-electron chi connectivity index (χ0n) is 6.02. The predicted octanol–water partition coefficient (Wildman–Crippen LogP) is 2.39. The first kappa shape index (κ1) is 7.17. The molecular weight excluding hydrogens is 174 g/mol. The normalized spacial score (nSPS) is 10.0. The van der Waals surface area contributed by atoms with Crippen molar-refractivity contribution in [3.05, 3.63) is 29.2 Å². The Morgan fingerprint density at radius 1 is 1.42 bits per heavy atom. The molecule has 0 radical (unpaired) electrons. The van der Waals surface area contributed by atoms with Crippen molar-refractivity contribution in [1.29, 1.82) is 0 Å². The molecule has 2 aromatic rings. The van der Waals surface area contributed by atoms with Crippen LogP contribution >= 0.6 is 11.3 Å². The van der Waals surface area contributed by atoms with E-state index in [-0.39, 0.29) is 0 Å². The van der Waals surface area contributed by atoms with Gasteiger partial charge in [0, 0.05) is 0 Å². The highest BCUT2D eigenvalue weighted by Gasteiger charge is 2.00. The van der Waals surface area contributed by atoms with Crippen LogP contribution in [0.25, 0.3) is 10.2 Å². The number of thiazole rings is 1. The second kappa shape index (κ2) is 2.86. The van der Waals surface area contributed by atoms with Crippen LogP contribution in [-0.2, 0) is 0 Å². The molecular formula is C7H5N3OS. The van der Waals surface area contributed by atoms with Crippen LogP contribution in [0.2, 0.25) is 0 Å². The summed E-state index contributed by atoms with van der Waals surface area (Å²) < 4.78 is 1.05. The molecule has 0 spiro atoms. The second-order valence-electron chi connectivity index (χ2n) is 2.19. The molecule has 0 amide bonds. The Labute approximate surface area is 72.2 Å². The van der Waals surface area contributed by atoms with E-state index in [1.807, 2.05) is 24.3 Å². The van der Waals surface area contributed by atoms with Crippen molar-refractivity contribution in [3.63, 3.8) is 0 Å². The highest BCUT2D eigenvalue weighted by Crippen LogP contribution is 2.24. The van der Waals surface area contributed by atoms with Gasteiger partial charge in [-0.15, -0.1) is 4.91 Å². The zero-order valence-corrected chi connectivity index (χ0v) is 6.84. The molecule has 0 fully saturated rings. The zero-order chi connectivity index (χ0) is 8.39. The Bertz CT molecular complexity index is 379. The summed E-state index contributed by atoms with van der Waals surface area (Å²) in [6, 6.07) is 7.67. The Kier molecular flexibility index (Phi) is 1.71. The van der Waals surface area contributed by atoms with E-state index in [2.05, 4.69) is 15.7 Å². The molecule has 0 aliphatic carbocycles. The number of fused-ring (bicyclic) bond motifs is 1. The number of para-hydroxylation sites is 1. The number of hydrogen-bond acceptors (Lipinski definition) is 4. The average Bonchev–Trinajstić information content (AvgIpc) is 2.47. The van der Waals surface area contributed by atoms with Crippen molar-refractivity contribution in [3.8, 4) is 0 Å². The first-order valence-electron chi connectivity index (χ1n) is 3.34. The molecule has 1 aromatic heterocycles. The fraction of sp³-hybridized carbons (Fsp3) is 0. The topological polar surface area (TPSA) is 54.4 Å². The number of nitroso groups, excluding NO2 is 1. The van der Waals surface area contributed by atoms with Gasteiger partial charge in [-0.05, 0) is 12.1 Å². The monoisotopic (exact) mass is 179 g/mol. The average molecular weight is 179 g/mol. The molecule has 60 valence electrons. The summed E-state index contributed by atoms with van der Waals surface area (Å²) in [6.45, 7) is 0. The van der Waals surface area contributed by atoms with Gasteiger partial charge in [-0.2, -0.15) is 0 Å². The largest absolute Gasteiger partial charge is 0.219 e. The molecule has 4 nitrogen and oxygen atoms in total. The summed E-state index contributed by atoms with van der Waals surface area (Å²) in [7, 11) is 0. The Morgan fingerprint density at radius 2 is 2.25 bits per heavy atom. The molecule has 0 bridgehead atoms. The number of nitrogens with one attached hydrogen (secondary N) is 1. The van der Waals surface area contributed by atoms with E-state index in [9.17, 15) is 4.91 Å². The first-order valence-corrected chi connectivity index (χ1v) is 4.16. The van der Waals surface area contributed by atoms with Gasteiger partial charge in [-0.25, -0.2) is 10.4 Å². The lowest BCUT2D eigenvalue weighted by molar-refractivity contribution is 1.29. The van der Waals surface area contributed by atoms with E-state index >= 15 is 0 Å². The number of benzene rings is 1. The molecule has 5 heteroatoms. The van der Waals surface area contributed by atoms with E-state index in [1.165, 1.54) is 11.3 Å². The maximum absolute atomic E-state index is 9.86. The third-order valence-corrected chi connectivity index (χ3v) is 2.38. The third kappa shape index (κ3) is 1.14. The van der Waals surface area contributed by atoms with Gasteiger partial charge >= 0.3 is 0 Å². The summed E-state index contributed by atoms with van der Waals surface area (Å²) >= 11 is 1.41. The summed E-state index contributed by atoms with van der Waals surface area (Å²) in [5.41, 5.74) is 3.16. The molecule has 2 rings (SSSR count). The van der Waals surface area contributed by atoms with Crippen molar-refractivity contribution in [2.75, 3.05) is 5.43 Å². The molecule has 0 saturated carbocycles. The first-order chi connectivity index (χ1) is 5.90. The van der Waals surface area contributed by atoms with Gasteiger partial charge in [0.1, 0.15) is 0 Å². The van der Waals surface area contributed by atoms with E-state index < -0.39 is 0 Å². The minimum atomic E-state index is 0.534. The molecule has 0 aliphatic rings. The summed E-state index contributed by atoms with van der Waals surface area (Å²) in [6.07, 6.45) is 0. The van der Waals surface area contributed by atoms with Crippen molar-refractivity contribution in [1.82, 2.24) is 4.98 Å². The molecule has 1 N–H and O–H groups in total. The van der Waals surface area contributed by atoms with Gasteiger partial charge in [-0.1, -0.05) is 23.5 Å². The molecule has 0 atom stereocenters. The highest BCUT2D eigenvalue weighted by atomic mass is 32.1.